The number of aromatic nitrogens is 1. The minimum atomic E-state index is -0.500. The Labute approximate surface area is 150 Å². The fraction of sp³-hybridized carbons (Fsp3) is 0.100. The van der Waals surface area contributed by atoms with Crippen molar-refractivity contribution in [3.05, 3.63) is 65.4 Å². The van der Waals surface area contributed by atoms with Gasteiger partial charge in [0, 0.05) is 17.3 Å². The van der Waals surface area contributed by atoms with Crippen LogP contribution in [-0.2, 0) is 4.74 Å². The van der Waals surface area contributed by atoms with Crippen molar-refractivity contribution < 1.29 is 9.53 Å². The highest BCUT2D eigenvalue weighted by Crippen LogP contribution is 2.31. The normalized spacial score (nSPS) is 9.96. The van der Waals surface area contributed by atoms with Crippen molar-refractivity contribution >= 4 is 28.2 Å². The highest BCUT2D eigenvalue weighted by molar-refractivity contribution is 6.07. The van der Waals surface area contributed by atoms with Crippen LogP contribution >= 0.6 is 0 Å². The topological polar surface area (TPSA) is 98.8 Å². The zero-order chi connectivity index (χ0) is 18.5. The van der Waals surface area contributed by atoms with Crippen molar-refractivity contribution in [1.82, 2.24) is 4.98 Å². The number of benzene rings is 2. The largest absolute Gasteiger partial charge is 0.462 e. The third-order valence-electron chi connectivity index (χ3n) is 3.80. The van der Waals surface area contributed by atoms with Crippen LogP contribution in [0.4, 0.5) is 11.4 Å². The van der Waals surface area contributed by atoms with Crippen LogP contribution in [0.2, 0.25) is 0 Å². The monoisotopic (exact) mass is 342 g/mol. The standard InChI is InChI=1S/C20H14N4O2/c1-2-26-20(25)17-12-23-18-14(11-22)4-3-5-16(18)19(17)24-15-8-6-13(10-21)7-9-15/h3-9,12H,2H2,1H3,(H,23,24). The number of ether oxygens (including phenoxy) is 1. The van der Waals surface area contributed by atoms with Crippen molar-refractivity contribution in [2.45, 2.75) is 6.92 Å². The molecule has 1 heterocycles. The molecule has 6 nitrogen and oxygen atoms in total. The molecule has 0 atom stereocenters. The van der Waals surface area contributed by atoms with Gasteiger partial charge in [-0.25, -0.2) is 4.79 Å². The first-order valence-corrected chi connectivity index (χ1v) is 7.94. The van der Waals surface area contributed by atoms with Crippen LogP contribution in [-0.4, -0.2) is 17.6 Å². The quantitative estimate of drug-likeness (QED) is 0.722. The van der Waals surface area contributed by atoms with E-state index < -0.39 is 5.97 Å². The van der Waals surface area contributed by atoms with E-state index in [1.165, 1.54) is 6.20 Å². The van der Waals surface area contributed by atoms with Crippen LogP contribution in [0.5, 0.6) is 0 Å². The van der Waals surface area contributed by atoms with E-state index in [-0.39, 0.29) is 12.2 Å². The first-order chi connectivity index (χ1) is 12.7. The van der Waals surface area contributed by atoms with Gasteiger partial charge < -0.3 is 10.1 Å². The maximum Gasteiger partial charge on any atom is 0.341 e. The van der Waals surface area contributed by atoms with Gasteiger partial charge >= 0.3 is 5.97 Å². The van der Waals surface area contributed by atoms with Crippen LogP contribution in [0.1, 0.15) is 28.4 Å². The number of hydrogen-bond acceptors (Lipinski definition) is 6. The number of rotatable bonds is 4. The second kappa shape index (κ2) is 7.33. The Morgan fingerprint density at radius 1 is 1.15 bits per heavy atom. The zero-order valence-corrected chi connectivity index (χ0v) is 14.0. The lowest BCUT2D eigenvalue weighted by molar-refractivity contribution is 0.0527. The Kier molecular flexibility index (Phi) is 4.78. The predicted octanol–water partition coefficient (Wildman–Crippen LogP) is 3.90. The van der Waals surface area contributed by atoms with Gasteiger partial charge in [-0.05, 0) is 37.3 Å². The van der Waals surface area contributed by atoms with Gasteiger partial charge in [-0.2, -0.15) is 10.5 Å². The van der Waals surface area contributed by atoms with Gasteiger partial charge in [0.05, 0.1) is 35.0 Å². The molecule has 3 aromatic rings. The molecule has 1 aromatic heterocycles. The summed E-state index contributed by atoms with van der Waals surface area (Å²) in [5, 5.41) is 22.1. The van der Waals surface area contributed by atoms with Crippen LogP contribution in [0.3, 0.4) is 0 Å². The SMILES string of the molecule is CCOC(=O)c1cnc2c(C#N)cccc2c1Nc1ccc(C#N)cc1. The fourth-order valence-corrected chi connectivity index (χ4v) is 2.58. The van der Waals surface area contributed by atoms with Crippen LogP contribution in [0.15, 0.2) is 48.7 Å². The molecule has 6 heteroatoms. The van der Waals surface area contributed by atoms with Gasteiger partial charge in [0.25, 0.3) is 0 Å². The molecule has 0 aliphatic heterocycles. The summed E-state index contributed by atoms with van der Waals surface area (Å²) in [5.41, 5.74) is 2.94. The number of pyridine rings is 1. The average Bonchev–Trinajstić information content (AvgIpc) is 2.68. The summed E-state index contributed by atoms with van der Waals surface area (Å²) in [5.74, 6) is -0.500. The summed E-state index contributed by atoms with van der Waals surface area (Å²) < 4.78 is 5.12. The average molecular weight is 342 g/mol. The van der Waals surface area contributed by atoms with Crippen molar-refractivity contribution in [2.75, 3.05) is 11.9 Å². The molecule has 0 fully saturated rings. The molecule has 0 aliphatic rings. The van der Waals surface area contributed by atoms with E-state index in [2.05, 4.69) is 22.4 Å². The fourth-order valence-electron chi connectivity index (χ4n) is 2.58. The molecule has 3 rings (SSSR count). The third-order valence-corrected chi connectivity index (χ3v) is 3.80. The first kappa shape index (κ1) is 16.9. The van der Waals surface area contributed by atoms with E-state index >= 15 is 0 Å². The van der Waals surface area contributed by atoms with Gasteiger partial charge in [0.15, 0.2) is 0 Å². The van der Waals surface area contributed by atoms with Gasteiger partial charge in [0.1, 0.15) is 11.6 Å². The lowest BCUT2D eigenvalue weighted by Gasteiger charge is -2.14. The van der Waals surface area contributed by atoms with Crippen molar-refractivity contribution in [2.24, 2.45) is 0 Å². The summed E-state index contributed by atoms with van der Waals surface area (Å²) in [6.45, 7) is 1.97. The van der Waals surface area contributed by atoms with E-state index in [1.54, 1.807) is 49.4 Å². The number of fused-ring (bicyclic) bond motifs is 1. The number of anilines is 2. The number of hydrogen-bond donors (Lipinski definition) is 1. The lowest BCUT2D eigenvalue weighted by Crippen LogP contribution is -2.09. The summed E-state index contributed by atoms with van der Waals surface area (Å²) in [7, 11) is 0. The molecular formula is C20H14N4O2. The summed E-state index contributed by atoms with van der Waals surface area (Å²) in [6, 6.07) is 16.2. The van der Waals surface area contributed by atoms with Crippen LogP contribution < -0.4 is 5.32 Å². The maximum absolute atomic E-state index is 12.3. The molecule has 126 valence electrons. The Balaban J connectivity index is 2.18. The molecule has 0 aliphatic carbocycles. The van der Waals surface area contributed by atoms with E-state index in [9.17, 15) is 10.1 Å². The Morgan fingerprint density at radius 3 is 2.58 bits per heavy atom. The second-order valence-corrected chi connectivity index (χ2v) is 5.40. The summed E-state index contributed by atoms with van der Waals surface area (Å²) in [6.07, 6.45) is 1.41. The van der Waals surface area contributed by atoms with Gasteiger partial charge in [0.2, 0.25) is 0 Å². The first-order valence-electron chi connectivity index (χ1n) is 7.94. The smallest absolute Gasteiger partial charge is 0.341 e. The third kappa shape index (κ3) is 3.17. The Morgan fingerprint density at radius 2 is 1.92 bits per heavy atom. The number of para-hydroxylation sites is 1. The molecule has 0 radical (unpaired) electrons. The molecule has 0 saturated carbocycles. The number of nitrogens with one attached hydrogen (secondary N) is 1. The van der Waals surface area contributed by atoms with Crippen LogP contribution in [0.25, 0.3) is 10.9 Å². The number of carbonyl (C=O) groups is 1. The zero-order valence-electron chi connectivity index (χ0n) is 14.0. The summed E-state index contributed by atoms with van der Waals surface area (Å²) in [4.78, 5) is 16.6. The molecule has 0 amide bonds. The number of esters is 1. The number of nitriles is 2. The molecule has 0 unspecified atom stereocenters. The molecule has 0 saturated heterocycles. The minimum absolute atomic E-state index is 0.241. The van der Waals surface area contributed by atoms with Crippen LogP contribution in [0, 0.1) is 22.7 Å². The molecule has 0 bridgehead atoms. The Bertz CT molecular complexity index is 1060. The van der Waals surface area contributed by atoms with Crippen molar-refractivity contribution in [3.63, 3.8) is 0 Å². The Hall–Kier alpha value is -3.90. The van der Waals surface area contributed by atoms with Crippen molar-refractivity contribution in [3.8, 4) is 12.1 Å². The molecule has 0 spiro atoms. The van der Waals surface area contributed by atoms with Crippen molar-refractivity contribution in [1.29, 1.82) is 10.5 Å². The highest BCUT2D eigenvalue weighted by atomic mass is 16.5. The number of carbonyl (C=O) groups excluding carboxylic acids is 1. The molecular weight excluding hydrogens is 328 g/mol. The predicted molar refractivity (Wildman–Crippen MR) is 96.9 cm³/mol. The van der Waals surface area contributed by atoms with Gasteiger partial charge in [-0.1, -0.05) is 12.1 Å². The number of nitrogens with zero attached hydrogens (tertiary/aromatic N) is 3. The van der Waals surface area contributed by atoms with E-state index in [4.69, 9.17) is 10.00 Å². The molecule has 26 heavy (non-hydrogen) atoms. The second-order valence-electron chi connectivity index (χ2n) is 5.40. The summed E-state index contributed by atoms with van der Waals surface area (Å²) >= 11 is 0. The van der Waals surface area contributed by atoms with Gasteiger partial charge in [-0.15, -0.1) is 0 Å². The van der Waals surface area contributed by atoms with Gasteiger partial charge in [-0.3, -0.25) is 4.98 Å². The highest BCUT2D eigenvalue weighted by Gasteiger charge is 2.18. The van der Waals surface area contributed by atoms with E-state index in [0.717, 1.165) is 0 Å². The minimum Gasteiger partial charge on any atom is -0.462 e. The molecule has 1 N–H and O–H groups in total. The van der Waals surface area contributed by atoms with E-state index in [0.29, 0.717) is 33.4 Å². The van der Waals surface area contributed by atoms with E-state index in [1.807, 2.05) is 0 Å². The maximum atomic E-state index is 12.3. The lowest BCUT2D eigenvalue weighted by atomic mass is 10.1. The molecule has 2 aromatic carbocycles.